The highest BCUT2D eigenvalue weighted by Gasteiger charge is 2.23. The summed E-state index contributed by atoms with van der Waals surface area (Å²) in [6.45, 7) is 0.394. The molecular weight excluding hydrogens is 400 g/mol. The number of carboxylic acids is 1. The summed E-state index contributed by atoms with van der Waals surface area (Å²) in [7, 11) is 0. The van der Waals surface area contributed by atoms with Crippen molar-refractivity contribution in [2.75, 3.05) is 13.2 Å². The van der Waals surface area contributed by atoms with E-state index in [2.05, 4.69) is 54.6 Å². The molecule has 0 fully saturated rings. The second kappa shape index (κ2) is 11.0. The van der Waals surface area contributed by atoms with Gasteiger partial charge in [0.2, 0.25) is 0 Å². The molecule has 1 aliphatic carbocycles. The number of carbonyl (C=O) groups is 1. The van der Waals surface area contributed by atoms with Gasteiger partial charge < -0.3 is 14.6 Å². The van der Waals surface area contributed by atoms with Gasteiger partial charge in [-0.15, -0.1) is 0 Å². The van der Waals surface area contributed by atoms with E-state index in [-0.39, 0.29) is 12.7 Å². The maximum absolute atomic E-state index is 10.9. The fourth-order valence-electron chi connectivity index (χ4n) is 4.66. The van der Waals surface area contributed by atoms with Gasteiger partial charge in [-0.3, -0.25) is 0 Å². The minimum atomic E-state index is -0.946. The molecule has 0 amide bonds. The number of rotatable bonds is 10. The lowest BCUT2D eigenvalue weighted by Crippen LogP contribution is -2.15. The van der Waals surface area contributed by atoms with Crippen LogP contribution >= 0.6 is 0 Å². The van der Waals surface area contributed by atoms with E-state index in [1.165, 1.54) is 22.3 Å². The van der Waals surface area contributed by atoms with Crippen molar-refractivity contribution in [1.29, 1.82) is 0 Å². The molecule has 0 radical (unpaired) electrons. The normalized spacial score (nSPS) is 15.3. The smallest absolute Gasteiger partial charge is 0.341 e. The van der Waals surface area contributed by atoms with Crippen molar-refractivity contribution >= 4 is 5.97 Å². The molecule has 1 N–H and O–H groups in total. The third-order valence-electron chi connectivity index (χ3n) is 6.13. The Kier molecular flexibility index (Phi) is 7.57. The van der Waals surface area contributed by atoms with E-state index < -0.39 is 5.97 Å². The lowest BCUT2D eigenvalue weighted by atomic mass is 9.80. The van der Waals surface area contributed by atoms with Crippen LogP contribution in [0.5, 0.6) is 5.75 Å². The van der Waals surface area contributed by atoms with Crippen LogP contribution in [0.4, 0.5) is 0 Å². The molecule has 32 heavy (non-hydrogen) atoms. The Morgan fingerprint density at radius 3 is 2.28 bits per heavy atom. The maximum atomic E-state index is 10.9. The fraction of sp³-hybridized carbons (Fsp3) is 0.321. The summed E-state index contributed by atoms with van der Waals surface area (Å²) in [4.78, 5) is 10.9. The third-order valence-corrected chi connectivity index (χ3v) is 6.13. The number of fused-ring (bicyclic) bond motifs is 1. The molecule has 4 rings (SSSR count). The number of ether oxygens (including phenoxy) is 2. The Morgan fingerprint density at radius 2 is 1.62 bits per heavy atom. The zero-order valence-electron chi connectivity index (χ0n) is 18.3. The number of benzene rings is 3. The quantitative estimate of drug-likeness (QED) is 0.392. The summed E-state index contributed by atoms with van der Waals surface area (Å²) >= 11 is 0. The van der Waals surface area contributed by atoms with Crippen LogP contribution in [-0.2, 0) is 16.0 Å². The highest BCUT2D eigenvalue weighted by Crippen LogP contribution is 2.39. The van der Waals surface area contributed by atoms with Gasteiger partial charge in [0.15, 0.2) is 6.61 Å². The Morgan fingerprint density at radius 1 is 0.938 bits per heavy atom. The van der Waals surface area contributed by atoms with Crippen LogP contribution in [0, 0.1) is 0 Å². The van der Waals surface area contributed by atoms with Crippen molar-refractivity contribution in [1.82, 2.24) is 0 Å². The first-order valence-corrected chi connectivity index (χ1v) is 11.4. The van der Waals surface area contributed by atoms with Gasteiger partial charge in [0.1, 0.15) is 11.9 Å². The minimum Gasteiger partial charge on any atom is -0.482 e. The molecule has 4 nitrogen and oxygen atoms in total. The number of hydrogen-bond acceptors (Lipinski definition) is 3. The van der Waals surface area contributed by atoms with E-state index in [0.29, 0.717) is 12.5 Å². The highest BCUT2D eigenvalue weighted by molar-refractivity contribution is 5.68. The molecule has 0 aliphatic heterocycles. The van der Waals surface area contributed by atoms with E-state index >= 15 is 0 Å². The third kappa shape index (κ3) is 5.57. The number of hydrogen-bond donors (Lipinski definition) is 1. The van der Waals surface area contributed by atoms with E-state index in [9.17, 15) is 4.79 Å². The molecule has 0 saturated heterocycles. The average Bonchev–Trinajstić information content (AvgIpc) is 2.84. The Hall–Kier alpha value is -3.11. The second-order valence-corrected chi connectivity index (χ2v) is 8.31. The molecule has 0 saturated carbocycles. The van der Waals surface area contributed by atoms with Crippen molar-refractivity contribution in [2.45, 2.75) is 44.1 Å². The number of aliphatic carboxylic acids is 1. The highest BCUT2D eigenvalue weighted by atomic mass is 16.5. The van der Waals surface area contributed by atoms with Gasteiger partial charge in [0.25, 0.3) is 0 Å². The van der Waals surface area contributed by atoms with Crippen molar-refractivity contribution < 1.29 is 19.4 Å². The largest absolute Gasteiger partial charge is 0.482 e. The predicted octanol–water partition coefficient (Wildman–Crippen LogP) is 6.16. The van der Waals surface area contributed by atoms with Gasteiger partial charge in [-0.2, -0.15) is 0 Å². The molecule has 4 heteroatoms. The van der Waals surface area contributed by atoms with E-state index in [1.54, 1.807) is 0 Å². The molecular formula is C28H30O4. The van der Waals surface area contributed by atoms with Crippen LogP contribution in [-0.4, -0.2) is 24.3 Å². The van der Waals surface area contributed by atoms with Gasteiger partial charge in [0, 0.05) is 6.61 Å². The van der Waals surface area contributed by atoms with Crippen molar-refractivity contribution in [3.8, 4) is 5.75 Å². The molecule has 0 spiro atoms. The van der Waals surface area contributed by atoms with Gasteiger partial charge in [-0.1, -0.05) is 72.8 Å². The van der Waals surface area contributed by atoms with Gasteiger partial charge in [0.05, 0.1) is 0 Å². The zero-order valence-corrected chi connectivity index (χ0v) is 18.3. The Bertz CT molecular complexity index is 961. The predicted molar refractivity (Wildman–Crippen MR) is 125 cm³/mol. The molecule has 0 heterocycles. The summed E-state index contributed by atoms with van der Waals surface area (Å²) < 4.78 is 11.9. The first-order chi connectivity index (χ1) is 15.7. The maximum Gasteiger partial charge on any atom is 0.341 e. The topological polar surface area (TPSA) is 55.8 Å². The summed E-state index contributed by atoms with van der Waals surface area (Å²) in [5, 5.41) is 8.94. The Balaban J connectivity index is 1.38. The molecule has 166 valence electrons. The van der Waals surface area contributed by atoms with Gasteiger partial charge in [-0.05, 0) is 66.3 Å². The fourth-order valence-corrected chi connectivity index (χ4v) is 4.66. The minimum absolute atomic E-state index is 0.0629. The SMILES string of the molecule is O=C(O)COc1cccc2c1CCCC2CCCOC(c1ccccc1)c1ccccc1. The molecule has 1 unspecified atom stereocenters. The van der Waals surface area contributed by atoms with E-state index in [0.717, 1.165) is 37.9 Å². The van der Waals surface area contributed by atoms with Crippen LogP contribution in [0.1, 0.15) is 60.0 Å². The first-order valence-electron chi connectivity index (χ1n) is 11.4. The lowest BCUT2D eigenvalue weighted by Gasteiger charge is -2.27. The van der Waals surface area contributed by atoms with E-state index in [4.69, 9.17) is 14.6 Å². The molecule has 3 aromatic carbocycles. The van der Waals surface area contributed by atoms with Crippen molar-refractivity contribution in [2.24, 2.45) is 0 Å². The summed E-state index contributed by atoms with van der Waals surface area (Å²) in [6.07, 6.45) is 5.15. The molecule has 3 aromatic rings. The first kappa shape index (κ1) is 22.1. The lowest BCUT2D eigenvalue weighted by molar-refractivity contribution is -0.139. The Labute approximate surface area is 189 Å². The van der Waals surface area contributed by atoms with Crippen molar-refractivity contribution in [3.63, 3.8) is 0 Å². The summed E-state index contributed by atoms with van der Waals surface area (Å²) in [5.41, 5.74) is 4.82. The van der Waals surface area contributed by atoms with Crippen LogP contribution in [0.25, 0.3) is 0 Å². The standard InChI is InChI=1S/C28H30O4/c29-27(30)20-32-26-18-8-16-24-21(14-7-17-25(24)26)15-9-19-31-28(22-10-3-1-4-11-22)23-12-5-2-6-13-23/h1-6,8,10-13,16,18,21,28H,7,9,14-15,17,19-20H2,(H,29,30). The van der Waals surface area contributed by atoms with Crippen molar-refractivity contribution in [3.05, 3.63) is 101 Å². The summed E-state index contributed by atoms with van der Waals surface area (Å²) in [6, 6.07) is 26.8. The molecule has 1 atom stereocenters. The van der Waals surface area contributed by atoms with Crippen LogP contribution < -0.4 is 4.74 Å². The van der Waals surface area contributed by atoms with Crippen LogP contribution in [0.2, 0.25) is 0 Å². The summed E-state index contributed by atoms with van der Waals surface area (Å²) in [5.74, 6) is 0.236. The van der Waals surface area contributed by atoms with Crippen LogP contribution in [0.15, 0.2) is 78.9 Å². The zero-order chi connectivity index (χ0) is 22.2. The molecule has 0 aromatic heterocycles. The monoisotopic (exact) mass is 430 g/mol. The van der Waals surface area contributed by atoms with Gasteiger partial charge >= 0.3 is 5.97 Å². The van der Waals surface area contributed by atoms with Gasteiger partial charge in [-0.25, -0.2) is 4.79 Å². The second-order valence-electron chi connectivity index (χ2n) is 8.31. The average molecular weight is 431 g/mol. The molecule has 0 bridgehead atoms. The number of carboxylic acid groups (broad SMARTS) is 1. The van der Waals surface area contributed by atoms with Crippen LogP contribution in [0.3, 0.4) is 0 Å². The molecule has 1 aliphatic rings. The van der Waals surface area contributed by atoms with E-state index in [1.807, 2.05) is 24.3 Å².